The maximum atomic E-state index is 14.9. The fourth-order valence-corrected chi connectivity index (χ4v) is 7.19. The Kier molecular flexibility index (Phi) is 5.99. The van der Waals surface area contributed by atoms with E-state index in [1.54, 1.807) is 13.0 Å². The summed E-state index contributed by atoms with van der Waals surface area (Å²) in [5.74, 6) is -0.857. The predicted octanol–water partition coefficient (Wildman–Crippen LogP) is 5.16. The van der Waals surface area contributed by atoms with E-state index < -0.39 is 23.4 Å². The monoisotopic (exact) mass is 598 g/mol. The number of hydrogen-bond donors (Lipinski definition) is 1. The molecule has 2 saturated heterocycles. The molecule has 8 rings (SSSR count). The highest BCUT2D eigenvalue weighted by molar-refractivity contribution is 5.92. The first-order valence-corrected chi connectivity index (χ1v) is 14.7. The minimum absolute atomic E-state index is 0.00936. The van der Waals surface area contributed by atoms with Gasteiger partial charge in [-0.2, -0.15) is 5.26 Å². The number of carboxylic acids is 1. The first-order valence-electron chi connectivity index (χ1n) is 14.7. The molecule has 224 valence electrons. The third-order valence-electron chi connectivity index (χ3n) is 9.51. The average Bonchev–Trinajstić information content (AvgIpc) is 3.26. The number of carboxylic acid groups (broad SMARTS) is 1. The summed E-state index contributed by atoms with van der Waals surface area (Å²) in [7, 11) is 0. The Morgan fingerprint density at radius 3 is 2.61 bits per heavy atom. The van der Waals surface area contributed by atoms with Crippen molar-refractivity contribution in [1.29, 1.82) is 5.26 Å². The minimum Gasteiger partial charge on any atom is -0.478 e. The van der Waals surface area contributed by atoms with E-state index in [4.69, 9.17) is 19.5 Å². The maximum absolute atomic E-state index is 14.9. The number of likely N-dealkylation sites (tertiary alicyclic amines) is 1. The summed E-state index contributed by atoms with van der Waals surface area (Å²) in [6.45, 7) is 4.98. The topological polar surface area (TPSA) is 110 Å². The van der Waals surface area contributed by atoms with E-state index in [0.717, 1.165) is 31.1 Å². The van der Waals surface area contributed by atoms with Crippen LogP contribution in [0.1, 0.15) is 52.1 Å². The van der Waals surface area contributed by atoms with E-state index >= 15 is 0 Å². The number of hydrogen-bond acceptors (Lipinski definition) is 7. The SMILES string of the molecule is CC1(c2ccc(C#N)cc2F)Oc2cccc(C3[C@H]4CN(Cc5nc6c(F)cc(C(=O)O)cc6n5CC5CCO5)C[C@@H]34)c2O1. The van der Waals surface area contributed by atoms with Gasteiger partial charge in [-0.1, -0.05) is 12.1 Å². The van der Waals surface area contributed by atoms with Gasteiger partial charge in [0.2, 0.25) is 0 Å². The smallest absolute Gasteiger partial charge is 0.335 e. The van der Waals surface area contributed by atoms with Gasteiger partial charge < -0.3 is 23.9 Å². The van der Waals surface area contributed by atoms with Gasteiger partial charge in [-0.05, 0) is 60.6 Å². The number of aromatic carboxylic acids is 1. The van der Waals surface area contributed by atoms with Gasteiger partial charge in [-0.15, -0.1) is 0 Å². The van der Waals surface area contributed by atoms with Crippen molar-refractivity contribution in [2.45, 2.75) is 44.2 Å². The Bertz CT molecular complexity index is 1890. The summed E-state index contributed by atoms with van der Waals surface area (Å²) in [6.07, 6.45) is 0.879. The van der Waals surface area contributed by atoms with Crippen LogP contribution in [0.3, 0.4) is 0 Å². The number of para-hydroxylation sites is 1. The minimum atomic E-state index is -1.36. The van der Waals surface area contributed by atoms with E-state index in [2.05, 4.69) is 9.88 Å². The van der Waals surface area contributed by atoms with Crippen LogP contribution in [0.15, 0.2) is 48.5 Å². The number of benzene rings is 3. The van der Waals surface area contributed by atoms with Crippen LogP contribution in [0.25, 0.3) is 11.0 Å². The van der Waals surface area contributed by atoms with Crippen LogP contribution in [0, 0.1) is 34.8 Å². The lowest BCUT2D eigenvalue weighted by Crippen LogP contribution is -2.33. The standard InChI is InChI=1S/C33H28F2N4O5/c1-33(23-6-5-17(12-36)9-24(23)34)43-27-4-2-3-20(31(27)44-33)29-21-14-38(15-22(21)29)16-28-37-30-25(35)10-18(32(40)41)11-26(30)39(28)13-19-7-8-42-19/h2-6,9-11,19,21-22,29H,7-8,13-16H2,1H3,(H,40,41)/t19?,21-,22+,29?,33?. The zero-order valence-corrected chi connectivity index (χ0v) is 23.8. The molecule has 4 aliphatic rings. The third-order valence-corrected chi connectivity index (χ3v) is 9.51. The Hall–Kier alpha value is -4.53. The van der Waals surface area contributed by atoms with Crippen LogP contribution in [-0.4, -0.2) is 51.3 Å². The number of carbonyl (C=O) groups is 1. The zero-order valence-electron chi connectivity index (χ0n) is 23.8. The number of nitriles is 1. The number of piperidine rings is 1. The average molecular weight is 599 g/mol. The van der Waals surface area contributed by atoms with E-state index in [1.807, 2.05) is 28.8 Å². The number of imidazole rings is 1. The van der Waals surface area contributed by atoms with E-state index in [1.165, 1.54) is 18.2 Å². The molecule has 11 heteroatoms. The Morgan fingerprint density at radius 1 is 1.14 bits per heavy atom. The molecule has 1 aromatic heterocycles. The number of halogens is 2. The summed E-state index contributed by atoms with van der Waals surface area (Å²) in [5.41, 5.74) is 2.01. The number of fused-ring (bicyclic) bond motifs is 3. The number of aromatic nitrogens is 2. The van der Waals surface area contributed by atoms with Crippen molar-refractivity contribution in [3.05, 3.63) is 88.2 Å². The van der Waals surface area contributed by atoms with Gasteiger partial charge in [0.05, 0.1) is 47.5 Å². The molecule has 1 aliphatic carbocycles. The fraction of sp³-hybridized carbons (Fsp3) is 0.364. The molecule has 1 N–H and O–H groups in total. The summed E-state index contributed by atoms with van der Waals surface area (Å²) >= 11 is 0. The lowest BCUT2D eigenvalue weighted by atomic mass is 10.0. The summed E-state index contributed by atoms with van der Waals surface area (Å²) < 4.78 is 49.9. The molecule has 3 aromatic carbocycles. The molecule has 0 spiro atoms. The third kappa shape index (κ3) is 4.24. The quantitative estimate of drug-likeness (QED) is 0.311. The molecule has 44 heavy (non-hydrogen) atoms. The Morgan fingerprint density at radius 2 is 1.93 bits per heavy atom. The second-order valence-electron chi connectivity index (χ2n) is 12.2. The molecule has 0 amide bonds. The van der Waals surface area contributed by atoms with Gasteiger partial charge in [-0.3, -0.25) is 4.90 Å². The lowest BCUT2D eigenvalue weighted by Gasteiger charge is -2.28. The predicted molar refractivity (Wildman–Crippen MR) is 152 cm³/mol. The zero-order chi connectivity index (χ0) is 30.3. The van der Waals surface area contributed by atoms with E-state index in [-0.39, 0.29) is 34.2 Å². The number of nitrogens with zero attached hydrogens (tertiary/aromatic N) is 4. The second kappa shape index (κ2) is 9.74. The van der Waals surface area contributed by atoms with E-state index in [0.29, 0.717) is 54.4 Å². The van der Waals surface area contributed by atoms with Gasteiger partial charge in [-0.25, -0.2) is 18.6 Å². The molecule has 3 unspecified atom stereocenters. The molecule has 5 atom stereocenters. The second-order valence-corrected chi connectivity index (χ2v) is 12.2. The first-order chi connectivity index (χ1) is 21.2. The summed E-state index contributed by atoms with van der Waals surface area (Å²) in [4.78, 5) is 18.5. The fourth-order valence-electron chi connectivity index (χ4n) is 7.19. The van der Waals surface area contributed by atoms with Crippen molar-refractivity contribution < 1.29 is 32.9 Å². The maximum Gasteiger partial charge on any atom is 0.335 e. The van der Waals surface area contributed by atoms with Crippen LogP contribution < -0.4 is 9.47 Å². The van der Waals surface area contributed by atoms with E-state index in [9.17, 15) is 18.7 Å². The van der Waals surface area contributed by atoms with Crippen LogP contribution in [0.4, 0.5) is 8.78 Å². The molecular weight excluding hydrogens is 570 g/mol. The normalized spacial score (nSPS) is 26.8. The van der Waals surface area contributed by atoms with Crippen molar-refractivity contribution in [1.82, 2.24) is 14.5 Å². The molecule has 3 fully saturated rings. The van der Waals surface area contributed by atoms with Crippen LogP contribution >= 0.6 is 0 Å². The van der Waals surface area contributed by atoms with Crippen molar-refractivity contribution in [3.63, 3.8) is 0 Å². The van der Waals surface area contributed by atoms with Crippen LogP contribution in [-0.2, 0) is 23.6 Å². The highest BCUT2D eigenvalue weighted by Crippen LogP contribution is 2.62. The molecule has 0 bridgehead atoms. The molecule has 4 aromatic rings. The van der Waals surface area contributed by atoms with Crippen molar-refractivity contribution in [3.8, 4) is 17.6 Å². The molecule has 0 radical (unpaired) electrons. The molecule has 9 nitrogen and oxygen atoms in total. The van der Waals surface area contributed by atoms with Crippen molar-refractivity contribution in [2.75, 3.05) is 19.7 Å². The van der Waals surface area contributed by atoms with Gasteiger partial charge in [0.15, 0.2) is 17.3 Å². The molecular formula is C33H28F2N4O5. The molecule has 4 heterocycles. The first kappa shape index (κ1) is 27.0. The lowest BCUT2D eigenvalue weighted by molar-refractivity contribution is -0.0710. The van der Waals surface area contributed by atoms with Gasteiger partial charge in [0, 0.05) is 32.2 Å². The Balaban J connectivity index is 1.01. The van der Waals surface area contributed by atoms with Crippen LogP contribution in [0.5, 0.6) is 11.5 Å². The van der Waals surface area contributed by atoms with Gasteiger partial charge in [0.1, 0.15) is 17.2 Å². The van der Waals surface area contributed by atoms with Crippen molar-refractivity contribution >= 4 is 17.0 Å². The highest BCUT2D eigenvalue weighted by Gasteiger charge is 2.58. The largest absolute Gasteiger partial charge is 0.478 e. The van der Waals surface area contributed by atoms with Gasteiger partial charge in [0.25, 0.3) is 5.79 Å². The Labute approximate surface area is 251 Å². The number of ether oxygens (including phenoxy) is 3. The summed E-state index contributed by atoms with van der Waals surface area (Å²) in [5, 5.41) is 18.6. The van der Waals surface area contributed by atoms with Crippen molar-refractivity contribution in [2.24, 2.45) is 11.8 Å². The van der Waals surface area contributed by atoms with Crippen LogP contribution in [0.2, 0.25) is 0 Å². The molecule has 3 aliphatic heterocycles. The summed E-state index contributed by atoms with van der Waals surface area (Å²) in [6, 6.07) is 14.5. The van der Waals surface area contributed by atoms with Gasteiger partial charge >= 0.3 is 5.97 Å². The molecule has 1 saturated carbocycles. The highest BCUT2D eigenvalue weighted by atomic mass is 19.1. The number of rotatable bonds is 7.